The average molecular weight is 460 g/mol. The van der Waals surface area contributed by atoms with Gasteiger partial charge in [0.05, 0.1) is 23.3 Å². The minimum Gasteiger partial charge on any atom is -0.363 e. The monoisotopic (exact) mass is 459 g/mol. The highest BCUT2D eigenvalue weighted by atomic mass is 35.5. The van der Waals surface area contributed by atoms with Crippen LogP contribution in [0.25, 0.3) is 6.08 Å². The van der Waals surface area contributed by atoms with Crippen molar-refractivity contribution in [3.8, 4) is 0 Å². The molecule has 0 aromatic carbocycles. The Bertz CT molecular complexity index is 1160. The number of nitrogens with zero attached hydrogens (tertiary/aromatic N) is 5. The molecule has 4 heterocycles. The molecule has 0 bridgehead atoms. The zero-order chi connectivity index (χ0) is 21.8. The van der Waals surface area contributed by atoms with Crippen molar-refractivity contribution < 1.29 is 8.42 Å². The normalized spacial score (nSPS) is 21.9. The van der Waals surface area contributed by atoms with Gasteiger partial charge >= 0.3 is 0 Å². The van der Waals surface area contributed by atoms with Crippen molar-refractivity contribution in [2.45, 2.75) is 51.1 Å². The molecule has 1 saturated heterocycles. The molecular weight excluding hydrogens is 434 g/mol. The van der Waals surface area contributed by atoms with Crippen LogP contribution in [-0.2, 0) is 29.4 Å². The molecule has 9 heteroatoms. The summed E-state index contributed by atoms with van der Waals surface area (Å²) >= 11 is 6.36. The summed E-state index contributed by atoms with van der Waals surface area (Å²) in [6.45, 7) is 4.02. The molecule has 3 aliphatic rings. The van der Waals surface area contributed by atoms with E-state index >= 15 is 0 Å². The number of pyridine rings is 1. The van der Waals surface area contributed by atoms with Crippen molar-refractivity contribution in [2.75, 3.05) is 24.2 Å². The van der Waals surface area contributed by atoms with Gasteiger partial charge in [0.25, 0.3) is 0 Å². The number of fused-ring (bicyclic) bond motifs is 2. The second-order valence-electron chi connectivity index (χ2n) is 8.73. The van der Waals surface area contributed by atoms with Crippen molar-refractivity contribution in [3.05, 3.63) is 51.8 Å². The molecule has 5 rings (SSSR count). The van der Waals surface area contributed by atoms with Crippen LogP contribution < -0.4 is 4.90 Å². The Labute approximate surface area is 188 Å². The van der Waals surface area contributed by atoms with Gasteiger partial charge in [-0.15, -0.1) is 0 Å². The standard InChI is InChI=1S/C22H26ClN5O2S/c1-14-10-19-17(12-28(14)20-11-21(23)26-18-5-3-4-16(18)20)22(25-13-24-19)15-6-8-27(9-7-15)31(2,29)30/h3-4,11,13-15H,5-10,12H2,1-2H3/t14-/m1/s1. The molecule has 164 valence electrons. The van der Waals surface area contributed by atoms with E-state index in [1.807, 2.05) is 6.07 Å². The number of halogens is 1. The molecule has 1 atom stereocenters. The molecular formula is C22H26ClN5O2S. The lowest BCUT2D eigenvalue weighted by molar-refractivity contribution is 0.317. The van der Waals surface area contributed by atoms with Gasteiger partial charge in [-0.2, -0.15) is 0 Å². The molecule has 0 saturated carbocycles. The Morgan fingerprint density at radius 3 is 2.68 bits per heavy atom. The van der Waals surface area contributed by atoms with Crippen LogP contribution in [0.4, 0.5) is 5.69 Å². The van der Waals surface area contributed by atoms with Crippen molar-refractivity contribution >= 4 is 33.4 Å². The third-order valence-electron chi connectivity index (χ3n) is 6.72. The highest BCUT2D eigenvalue weighted by Crippen LogP contribution is 2.38. The number of sulfonamides is 1. The van der Waals surface area contributed by atoms with Gasteiger partial charge in [0.15, 0.2) is 0 Å². The number of hydrogen-bond donors (Lipinski definition) is 0. The van der Waals surface area contributed by atoms with Gasteiger partial charge in [-0.25, -0.2) is 27.7 Å². The first-order valence-electron chi connectivity index (χ1n) is 10.7. The number of aromatic nitrogens is 3. The van der Waals surface area contributed by atoms with Crippen LogP contribution in [0.1, 0.15) is 53.9 Å². The van der Waals surface area contributed by atoms with E-state index in [1.54, 1.807) is 10.6 Å². The predicted octanol–water partition coefficient (Wildman–Crippen LogP) is 3.18. The maximum Gasteiger partial charge on any atom is 0.211 e. The van der Waals surface area contributed by atoms with Crippen molar-refractivity contribution in [2.24, 2.45) is 0 Å². The number of anilines is 1. The summed E-state index contributed by atoms with van der Waals surface area (Å²) < 4.78 is 25.4. The molecule has 0 amide bonds. The fraction of sp³-hybridized carbons (Fsp3) is 0.500. The number of hydrogen-bond acceptors (Lipinski definition) is 6. The minimum atomic E-state index is -3.14. The zero-order valence-electron chi connectivity index (χ0n) is 17.8. The topological polar surface area (TPSA) is 79.3 Å². The van der Waals surface area contributed by atoms with E-state index in [9.17, 15) is 8.42 Å². The highest BCUT2D eigenvalue weighted by Gasteiger charge is 2.33. The molecule has 31 heavy (non-hydrogen) atoms. The van der Waals surface area contributed by atoms with Crippen LogP contribution in [0, 0.1) is 0 Å². The van der Waals surface area contributed by atoms with Gasteiger partial charge in [-0.05, 0) is 25.8 Å². The van der Waals surface area contributed by atoms with E-state index in [2.05, 4.69) is 38.9 Å². The minimum absolute atomic E-state index is 0.247. The van der Waals surface area contributed by atoms with Gasteiger partial charge in [0.2, 0.25) is 10.0 Å². The summed E-state index contributed by atoms with van der Waals surface area (Å²) in [4.78, 5) is 16.2. The Hall–Kier alpha value is -2.03. The van der Waals surface area contributed by atoms with E-state index in [1.165, 1.54) is 11.8 Å². The molecule has 7 nitrogen and oxygen atoms in total. The third kappa shape index (κ3) is 3.85. The molecule has 2 aromatic rings. The Morgan fingerprint density at radius 1 is 1.16 bits per heavy atom. The first kappa shape index (κ1) is 20.8. The summed E-state index contributed by atoms with van der Waals surface area (Å²) in [6, 6.07) is 2.24. The molecule has 0 radical (unpaired) electrons. The zero-order valence-corrected chi connectivity index (χ0v) is 19.3. The second kappa shape index (κ2) is 7.83. The molecule has 2 aliphatic heterocycles. The van der Waals surface area contributed by atoms with E-state index in [4.69, 9.17) is 11.6 Å². The summed E-state index contributed by atoms with van der Waals surface area (Å²) in [7, 11) is -3.14. The molecule has 0 unspecified atom stereocenters. The lowest BCUT2D eigenvalue weighted by atomic mass is 9.87. The van der Waals surface area contributed by atoms with Gasteiger partial charge in [0.1, 0.15) is 11.5 Å². The fourth-order valence-electron chi connectivity index (χ4n) is 5.09. The maximum atomic E-state index is 11.9. The first-order chi connectivity index (χ1) is 14.8. The molecule has 2 aromatic heterocycles. The van der Waals surface area contributed by atoms with Crippen LogP contribution in [0.5, 0.6) is 0 Å². The molecule has 1 aliphatic carbocycles. The van der Waals surface area contributed by atoms with Crippen molar-refractivity contribution in [3.63, 3.8) is 0 Å². The summed E-state index contributed by atoms with van der Waals surface area (Å²) in [5.41, 5.74) is 6.65. The number of allylic oxidation sites excluding steroid dienone is 1. The van der Waals surface area contributed by atoms with Gasteiger partial charge < -0.3 is 4.90 Å². The van der Waals surface area contributed by atoms with Crippen LogP contribution >= 0.6 is 11.6 Å². The lowest BCUT2D eigenvalue weighted by Crippen LogP contribution is -2.41. The quantitative estimate of drug-likeness (QED) is 0.656. The first-order valence-corrected chi connectivity index (χ1v) is 12.9. The van der Waals surface area contributed by atoms with E-state index in [0.717, 1.165) is 60.6 Å². The Morgan fingerprint density at radius 2 is 1.94 bits per heavy atom. The largest absolute Gasteiger partial charge is 0.363 e. The van der Waals surface area contributed by atoms with Crippen LogP contribution in [-0.4, -0.2) is 53.1 Å². The summed E-state index contributed by atoms with van der Waals surface area (Å²) in [5.74, 6) is 0.247. The number of rotatable bonds is 3. The summed E-state index contributed by atoms with van der Waals surface area (Å²) in [5, 5.41) is 0.521. The van der Waals surface area contributed by atoms with Crippen molar-refractivity contribution in [1.82, 2.24) is 19.3 Å². The average Bonchev–Trinajstić information content (AvgIpc) is 3.20. The molecule has 1 fully saturated rings. The SMILES string of the molecule is C[C@@H]1Cc2ncnc(C3CCN(S(C)(=O)=O)CC3)c2CN1c1cc(Cl)nc2c1C=CC2. The number of piperidine rings is 1. The smallest absolute Gasteiger partial charge is 0.211 e. The third-order valence-corrected chi connectivity index (χ3v) is 8.21. The summed E-state index contributed by atoms with van der Waals surface area (Å²) in [6.07, 6.45) is 10.4. The van der Waals surface area contributed by atoms with E-state index in [-0.39, 0.29) is 12.0 Å². The van der Waals surface area contributed by atoms with Crippen LogP contribution in [0.3, 0.4) is 0 Å². The lowest BCUT2D eigenvalue weighted by Gasteiger charge is -2.39. The van der Waals surface area contributed by atoms with E-state index in [0.29, 0.717) is 18.2 Å². The van der Waals surface area contributed by atoms with E-state index < -0.39 is 10.0 Å². The van der Waals surface area contributed by atoms with Crippen LogP contribution in [0.15, 0.2) is 18.5 Å². The second-order valence-corrected chi connectivity index (χ2v) is 11.1. The predicted molar refractivity (Wildman–Crippen MR) is 122 cm³/mol. The maximum absolute atomic E-state index is 11.9. The molecule has 0 N–H and O–H groups in total. The Kier molecular flexibility index (Phi) is 5.27. The molecule has 0 spiro atoms. The van der Waals surface area contributed by atoms with Crippen molar-refractivity contribution in [1.29, 1.82) is 0 Å². The van der Waals surface area contributed by atoms with Gasteiger partial charge in [0, 0.05) is 61.2 Å². The Balaban J connectivity index is 1.47. The van der Waals surface area contributed by atoms with Crippen LogP contribution in [0.2, 0.25) is 5.15 Å². The van der Waals surface area contributed by atoms with Gasteiger partial charge in [-0.3, -0.25) is 0 Å². The van der Waals surface area contributed by atoms with Gasteiger partial charge in [-0.1, -0.05) is 23.8 Å². The highest BCUT2D eigenvalue weighted by molar-refractivity contribution is 7.88. The fourth-order valence-corrected chi connectivity index (χ4v) is 6.17.